The molecule has 3 N–H and O–H groups in total. The van der Waals surface area contributed by atoms with Gasteiger partial charge >= 0.3 is 0 Å². The highest BCUT2D eigenvalue weighted by Gasteiger charge is 2.22. The van der Waals surface area contributed by atoms with Gasteiger partial charge in [-0.15, -0.1) is 6.42 Å². The van der Waals surface area contributed by atoms with Crippen LogP contribution in [0.1, 0.15) is 21.5 Å². The van der Waals surface area contributed by atoms with E-state index in [0.717, 1.165) is 35.1 Å². The molecule has 4 rings (SSSR count). The molecule has 0 spiro atoms. The number of aromatic amines is 2. The Balaban J connectivity index is 1.82. The van der Waals surface area contributed by atoms with Crippen molar-refractivity contribution < 1.29 is 4.79 Å². The van der Waals surface area contributed by atoms with Crippen LogP contribution in [0.25, 0.3) is 22.3 Å². The molecule has 0 unspecified atom stereocenters. The SMILES string of the molecule is C#CCNC(=O)c1ccc2[nH]c3c(c2c1)CCc1cn[nH]c1-3. The molecule has 0 fully saturated rings. The van der Waals surface area contributed by atoms with E-state index in [0.29, 0.717) is 5.56 Å². The summed E-state index contributed by atoms with van der Waals surface area (Å²) in [5.74, 6) is 2.26. The molecule has 1 aliphatic carbocycles. The van der Waals surface area contributed by atoms with Crippen LogP contribution in [0, 0.1) is 12.3 Å². The standard InChI is InChI=1S/C17H14N4O/c1-2-7-18-17(22)10-4-6-14-13(8-10)12-5-3-11-9-19-21-15(11)16(12)20-14/h1,4,6,8-9,20H,3,5,7H2,(H,18,22)(H,19,21). The Morgan fingerprint density at radius 1 is 1.36 bits per heavy atom. The number of carbonyl (C=O) groups is 1. The second kappa shape index (κ2) is 4.78. The molecule has 0 saturated heterocycles. The molecule has 0 radical (unpaired) electrons. The van der Waals surface area contributed by atoms with E-state index in [1.807, 2.05) is 24.4 Å². The molecule has 5 heteroatoms. The van der Waals surface area contributed by atoms with E-state index < -0.39 is 0 Å². The summed E-state index contributed by atoms with van der Waals surface area (Å²) in [4.78, 5) is 15.5. The number of hydrogen-bond acceptors (Lipinski definition) is 2. The summed E-state index contributed by atoms with van der Waals surface area (Å²) in [5.41, 5.74) is 6.25. The number of carbonyl (C=O) groups excluding carboxylic acids is 1. The molecule has 5 nitrogen and oxygen atoms in total. The van der Waals surface area contributed by atoms with Crippen molar-refractivity contribution >= 4 is 16.8 Å². The minimum atomic E-state index is -0.146. The second-order valence-electron chi connectivity index (χ2n) is 5.40. The van der Waals surface area contributed by atoms with Gasteiger partial charge in [0, 0.05) is 16.5 Å². The van der Waals surface area contributed by atoms with Gasteiger partial charge in [0.15, 0.2) is 0 Å². The van der Waals surface area contributed by atoms with E-state index in [-0.39, 0.29) is 12.5 Å². The van der Waals surface area contributed by atoms with Gasteiger partial charge in [-0.25, -0.2) is 0 Å². The van der Waals surface area contributed by atoms with E-state index in [9.17, 15) is 4.79 Å². The molecular formula is C17H14N4O. The van der Waals surface area contributed by atoms with E-state index >= 15 is 0 Å². The van der Waals surface area contributed by atoms with Crippen LogP contribution < -0.4 is 5.32 Å². The molecule has 1 amide bonds. The van der Waals surface area contributed by atoms with Crippen molar-refractivity contribution in [2.75, 3.05) is 6.54 Å². The third kappa shape index (κ3) is 1.81. The number of benzene rings is 1. The number of rotatable bonds is 2. The predicted molar refractivity (Wildman–Crippen MR) is 84.5 cm³/mol. The summed E-state index contributed by atoms with van der Waals surface area (Å²) in [6, 6.07) is 5.68. The highest BCUT2D eigenvalue weighted by Crippen LogP contribution is 2.36. The lowest BCUT2D eigenvalue weighted by molar-refractivity contribution is 0.0959. The molecule has 0 aliphatic heterocycles. The first-order chi connectivity index (χ1) is 10.8. The Morgan fingerprint density at radius 3 is 3.14 bits per heavy atom. The maximum atomic E-state index is 12.1. The number of nitrogens with zero attached hydrogens (tertiary/aromatic N) is 1. The van der Waals surface area contributed by atoms with Crippen LogP contribution in [0.15, 0.2) is 24.4 Å². The Labute approximate surface area is 127 Å². The first-order valence-corrected chi connectivity index (χ1v) is 7.17. The van der Waals surface area contributed by atoms with Crippen molar-refractivity contribution in [3.63, 3.8) is 0 Å². The third-order valence-electron chi connectivity index (χ3n) is 4.13. The fourth-order valence-corrected chi connectivity index (χ4v) is 3.07. The van der Waals surface area contributed by atoms with Crippen molar-refractivity contribution in [1.82, 2.24) is 20.5 Å². The van der Waals surface area contributed by atoms with Crippen molar-refractivity contribution in [3.05, 3.63) is 41.1 Å². The number of fused-ring (bicyclic) bond motifs is 5. The molecule has 2 aromatic heterocycles. The van der Waals surface area contributed by atoms with Gasteiger partial charge in [0.2, 0.25) is 0 Å². The topological polar surface area (TPSA) is 73.6 Å². The van der Waals surface area contributed by atoms with Crippen LogP contribution in [0.3, 0.4) is 0 Å². The molecule has 1 aromatic carbocycles. The minimum absolute atomic E-state index is 0.146. The van der Waals surface area contributed by atoms with Crippen molar-refractivity contribution in [3.8, 4) is 23.7 Å². The lowest BCUT2D eigenvalue weighted by Gasteiger charge is -2.11. The smallest absolute Gasteiger partial charge is 0.252 e. The Hall–Kier alpha value is -3.00. The lowest BCUT2D eigenvalue weighted by atomic mass is 9.93. The fourth-order valence-electron chi connectivity index (χ4n) is 3.07. The van der Waals surface area contributed by atoms with Gasteiger partial charge in [0.1, 0.15) is 0 Å². The number of aryl methyl sites for hydroxylation is 2. The van der Waals surface area contributed by atoms with Crippen LogP contribution in [-0.2, 0) is 12.8 Å². The van der Waals surface area contributed by atoms with Crippen LogP contribution in [0.4, 0.5) is 0 Å². The molecule has 22 heavy (non-hydrogen) atoms. The highest BCUT2D eigenvalue weighted by atomic mass is 16.1. The monoisotopic (exact) mass is 290 g/mol. The van der Waals surface area contributed by atoms with Gasteiger partial charge in [-0.3, -0.25) is 9.89 Å². The Morgan fingerprint density at radius 2 is 2.27 bits per heavy atom. The molecule has 0 saturated carbocycles. The summed E-state index contributed by atoms with van der Waals surface area (Å²) in [5, 5.41) is 11.0. The van der Waals surface area contributed by atoms with Gasteiger partial charge in [0.25, 0.3) is 5.91 Å². The fraction of sp³-hybridized carbons (Fsp3) is 0.176. The van der Waals surface area contributed by atoms with Crippen LogP contribution in [0.2, 0.25) is 0 Å². The zero-order chi connectivity index (χ0) is 15.1. The van der Waals surface area contributed by atoms with Gasteiger partial charge in [0.05, 0.1) is 24.1 Å². The summed E-state index contributed by atoms with van der Waals surface area (Å²) < 4.78 is 0. The van der Waals surface area contributed by atoms with E-state index in [1.165, 1.54) is 11.1 Å². The number of nitrogens with one attached hydrogen (secondary N) is 3. The van der Waals surface area contributed by atoms with Gasteiger partial charge < -0.3 is 10.3 Å². The summed E-state index contributed by atoms with van der Waals surface area (Å²) in [6.45, 7) is 0.236. The third-order valence-corrected chi connectivity index (χ3v) is 4.13. The molecule has 2 heterocycles. The normalized spacial score (nSPS) is 12.5. The van der Waals surface area contributed by atoms with E-state index in [1.54, 1.807) is 0 Å². The first-order valence-electron chi connectivity index (χ1n) is 7.17. The van der Waals surface area contributed by atoms with Crippen molar-refractivity contribution in [1.29, 1.82) is 0 Å². The average molecular weight is 290 g/mol. The lowest BCUT2D eigenvalue weighted by Crippen LogP contribution is -2.23. The number of aromatic nitrogens is 3. The maximum Gasteiger partial charge on any atom is 0.252 e. The quantitative estimate of drug-likeness (QED) is 0.632. The largest absolute Gasteiger partial charge is 0.353 e. The van der Waals surface area contributed by atoms with Gasteiger partial charge in [-0.2, -0.15) is 5.10 Å². The van der Waals surface area contributed by atoms with Crippen molar-refractivity contribution in [2.24, 2.45) is 0 Å². The predicted octanol–water partition coefficient (Wildman–Crippen LogP) is 2.02. The second-order valence-corrected chi connectivity index (χ2v) is 5.40. The first kappa shape index (κ1) is 12.7. The zero-order valence-electron chi connectivity index (χ0n) is 11.9. The van der Waals surface area contributed by atoms with Crippen LogP contribution in [0.5, 0.6) is 0 Å². The van der Waals surface area contributed by atoms with Gasteiger partial charge in [-0.1, -0.05) is 5.92 Å². The molecular weight excluding hydrogens is 276 g/mol. The summed E-state index contributed by atoms with van der Waals surface area (Å²) in [7, 11) is 0. The molecule has 3 aromatic rings. The summed E-state index contributed by atoms with van der Waals surface area (Å²) >= 11 is 0. The average Bonchev–Trinajstić information content (AvgIpc) is 3.15. The minimum Gasteiger partial charge on any atom is -0.353 e. The summed E-state index contributed by atoms with van der Waals surface area (Å²) in [6.07, 6.45) is 8.95. The number of amides is 1. The Bertz CT molecular complexity index is 926. The van der Waals surface area contributed by atoms with E-state index in [2.05, 4.69) is 26.4 Å². The molecule has 0 atom stereocenters. The molecule has 1 aliphatic rings. The van der Waals surface area contributed by atoms with Gasteiger partial charge in [-0.05, 0) is 42.2 Å². The Kier molecular flexibility index (Phi) is 2.76. The highest BCUT2D eigenvalue weighted by molar-refractivity contribution is 6.00. The number of terminal acetylenes is 1. The molecule has 108 valence electrons. The maximum absolute atomic E-state index is 12.1. The van der Waals surface area contributed by atoms with Crippen LogP contribution >= 0.6 is 0 Å². The zero-order valence-corrected chi connectivity index (χ0v) is 11.9. The van der Waals surface area contributed by atoms with Crippen molar-refractivity contribution in [2.45, 2.75) is 12.8 Å². The number of hydrogen-bond donors (Lipinski definition) is 3. The van der Waals surface area contributed by atoms with Crippen LogP contribution in [-0.4, -0.2) is 27.6 Å². The molecule has 0 bridgehead atoms. The number of H-pyrrole nitrogens is 2. The van der Waals surface area contributed by atoms with E-state index in [4.69, 9.17) is 6.42 Å².